The van der Waals surface area contributed by atoms with Gasteiger partial charge in [-0.1, -0.05) is 23.7 Å². The molecule has 0 spiro atoms. The number of nitrogens with two attached hydrogens (primary N) is 1. The Kier molecular flexibility index (Phi) is 5.44. The molecule has 106 valence electrons. The molecule has 0 aliphatic rings. The minimum Gasteiger partial charge on any atom is -0.493 e. The van der Waals surface area contributed by atoms with Crippen LogP contribution in [0.5, 0.6) is 11.5 Å². The maximum absolute atomic E-state index is 5.89. The van der Waals surface area contributed by atoms with Gasteiger partial charge in [0.15, 0.2) is 11.5 Å². The summed E-state index contributed by atoms with van der Waals surface area (Å²) in [5, 5.41) is 0.650. The maximum atomic E-state index is 5.89. The van der Waals surface area contributed by atoms with E-state index in [4.69, 9.17) is 26.8 Å². The monoisotopic (exact) mass is 309 g/mol. The highest BCUT2D eigenvalue weighted by molar-refractivity contribution is 7.99. The van der Waals surface area contributed by atoms with E-state index in [0.717, 1.165) is 22.1 Å². The van der Waals surface area contributed by atoms with Gasteiger partial charge in [-0.3, -0.25) is 0 Å². The number of anilines is 1. The van der Waals surface area contributed by atoms with E-state index in [1.54, 1.807) is 24.9 Å². The Bertz CT molecular complexity index is 578. The molecule has 0 fully saturated rings. The van der Waals surface area contributed by atoms with Crippen LogP contribution in [0.2, 0.25) is 5.02 Å². The lowest BCUT2D eigenvalue weighted by molar-refractivity contribution is 0.313. The molecule has 0 saturated carbocycles. The fourth-order valence-electron chi connectivity index (χ4n) is 1.69. The zero-order valence-electron chi connectivity index (χ0n) is 11.1. The average Bonchev–Trinajstić information content (AvgIpc) is 2.46. The van der Waals surface area contributed by atoms with Crippen LogP contribution in [0.25, 0.3) is 0 Å². The number of nitrogen functional groups attached to an aromatic ring is 1. The highest BCUT2D eigenvalue weighted by Crippen LogP contribution is 2.29. The summed E-state index contributed by atoms with van der Waals surface area (Å²) >= 11 is 7.50. The lowest BCUT2D eigenvalue weighted by Crippen LogP contribution is -2.02. The van der Waals surface area contributed by atoms with Gasteiger partial charge in [-0.05, 0) is 30.3 Å². The van der Waals surface area contributed by atoms with Crippen LogP contribution >= 0.6 is 23.4 Å². The Morgan fingerprint density at radius 3 is 2.60 bits per heavy atom. The van der Waals surface area contributed by atoms with E-state index in [2.05, 4.69) is 0 Å². The Morgan fingerprint density at radius 2 is 1.90 bits per heavy atom. The van der Waals surface area contributed by atoms with Crippen molar-refractivity contribution in [1.82, 2.24) is 0 Å². The molecule has 0 radical (unpaired) electrons. The smallest absolute Gasteiger partial charge is 0.161 e. The largest absolute Gasteiger partial charge is 0.493 e. The summed E-state index contributed by atoms with van der Waals surface area (Å²) in [5.74, 6) is 2.28. The van der Waals surface area contributed by atoms with Gasteiger partial charge in [0, 0.05) is 21.4 Å². The van der Waals surface area contributed by atoms with Gasteiger partial charge in [0.1, 0.15) is 0 Å². The first-order chi connectivity index (χ1) is 9.70. The van der Waals surface area contributed by atoms with Gasteiger partial charge >= 0.3 is 0 Å². The molecular weight excluding hydrogens is 294 g/mol. The van der Waals surface area contributed by atoms with Crippen molar-refractivity contribution in [2.24, 2.45) is 0 Å². The molecule has 0 atom stereocenters. The molecule has 5 heteroatoms. The third kappa shape index (κ3) is 3.99. The van der Waals surface area contributed by atoms with E-state index in [1.165, 1.54) is 0 Å². The van der Waals surface area contributed by atoms with E-state index in [9.17, 15) is 0 Å². The molecule has 3 nitrogen and oxygen atoms in total. The van der Waals surface area contributed by atoms with Crippen molar-refractivity contribution in [2.75, 3.05) is 25.2 Å². The van der Waals surface area contributed by atoms with E-state index in [1.807, 2.05) is 36.4 Å². The van der Waals surface area contributed by atoms with Crippen molar-refractivity contribution in [3.63, 3.8) is 0 Å². The molecule has 0 saturated heterocycles. The molecule has 2 N–H and O–H groups in total. The zero-order valence-corrected chi connectivity index (χ0v) is 12.7. The van der Waals surface area contributed by atoms with E-state index in [-0.39, 0.29) is 0 Å². The molecule has 2 aromatic rings. The van der Waals surface area contributed by atoms with Crippen LogP contribution in [-0.2, 0) is 0 Å². The van der Waals surface area contributed by atoms with Crippen molar-refractivity contribution in [1.29, 1.82) is 0 Å². The van der Waals surface area contributed by atoms with Gasteiger partial charge in [0.2, 0.25) is 0 Å². The summed E-state index contributed by atoms with van der Waals surface area (Å²) in [5.41, 5.74) is 6.59. The van der Waals surface area contributed by atoms with Crippen LogP contribution in [0.4, 0.5) is 5.69 Å². The number of ether oxygens (including phenoxy) is 2. The zero-order chi connectivity index (χ0) is 14.4. The Hall–Kier alpha value is -1.52. The van der Waals surface area contributed by atoms with Crippen molar-refractivity contribution in [3.05, 3.63) is 47.5 Å². The summed E-state index contributed by atoms with van der Waals surface area (Å²) in [6.45, 7) is 0.576. The summed E-state index contributed by atoms with van der Waals surface area (Å²) in [7, 11) is 1.63. The summed E-state index contributed by atoms with van der Waals surface area (Å²) < 4.78 is 10.9. The average molecular weight is 310 g/mol. The number of benzene rings is 2. The minimum absolute atomic E-state index is 0.576. The molecule has 0 unspecified atom stereocenters. The van der Waals surface area contributed by atoms with Crippen molar-refractivity contribution in [3.8, 4) is 11.5 Å². The molecule has 0 amide bonds. The molecular formula is C15H16ClNO2S. The molecule has 0 aliphatic carbocycles. The predicted molar refractivity (Wildman–Crippen MR) is 85.1 cm³/mol. The minimum atomic E-state index is 0.576. The normalized spacial score (nSPS) is 10.3. The van der Waals surface area contributed by atoms with Crippen molar-refractivity contribution >= 4 is 29.1 Å². The molecule has 0 heterocycles. The van der Waals surface area contributed by atoms with Crippen molar-refractivity contribution < 1.29 is 9.47 Å². The summed E-state index contributed by atoms with van der Waals surface area (Å²) in [6.07, 6.45) is 0. The first-order valence-corrected chi connectivity index (χ1v) is 7.50. The Morgan fingerprint density at radius 1 is 1.15 bits per heavy atom. The van der Waals surface area contributed by atoms with Crippen LogP contribution < -0.4 is 15.2 Å². The summed E-state index contributed by atoms with van der Waals surface area (Å²) in [6, 6.07) is 13.1. The second-order valence-electron chi connectivity index (χ2n) is 4.03. The Balaban J connectivity index is 1.84. The Labute approximate surface area is 128 Å². The second kappa shape index (κ2) is 7.31. The highest BCUT2D eigenvalue weighted by atomic mass is 35.5. The van der Waals surface area contributed by atoms with Gasteiger partial charge in [-0.25, -0.2) is 0 Å². The van der Waals surface area contributed by atoms with E-state index >= 15 is 0 Å². The maximum Gasteiger partial charge on any atom is 0.161 e. The topological polar surface area (TPSA) is 44.5 Å². The number of thioether (sulfide) groups is 1. The van der Waals surface area contributed by atoms with Gasteiger partial charge in [-0.2, -0.15) is 0 Å². The lowest BCUT2D eigenvalue weighted by Gasteiger charge is -2.10. The number of para-hydroxylation sites is 2. The van der Waals surface area contributed by atoms with E-state index < -0.39 is 0 Å². The van der Waals surface area contributed by atoms with Gasteiger partial charge in [0.05, 0.1) is 13.7 Å². The van der Waals surface area contributed by atoms with Crippen LogP contribution in [0.15, 0.2) is 47.4 Å². The first kappa shape index (κ1) is 14.9. The molecule has 0 bridgehead atoms. The fraction of sp³-hybridized carbons (Fsp3) is 0.200. The number of hydrogen-bond acceptors (Lipinski definition) is 4. The number of hydrogen-bond donors (Lipinski definition) is 1. The third-order valence-electron chi connectivity index (χ3n) is 2.64. The number of rotatable bonds is 6. The molecule has 0 aromatic heterocycles. The van der Waals surface area contributed by atoms with Crippen LogP contribution in [0.1, 0.15) is 0 Å². The van der Waals surface area contributed by atoms with Crippen LogP contribution in [0, 0.1) is 0 Å². The van der Waals surface area contributed by atoms with Gasteiger partial charge in [0.25, 0.3) is 0 Å². The lowest BCUT2D eigenvalue weighted by atomic mass is 10.3. The van der Waals surface area contributed by atoms with Crippen LogP contribution in [-0.4, -0.2) is 19.5 Å². The molecule has 2 rings (SSSR count). The fourth-order valence-corrected chi connectivity index (χ4v) is 2.65. The third-order valence-corrected chi connectivity index (χ3v) is 3.93. The van der Waals surface area contributed by atoms with Crippen molar-refractivity contribution in [2.45, 2.75) is 4.90 Å². The molecule has 0 aliphatic heterocycles. The standard InChI is InChI=1S/C15H16ClNO2S/c1-18-13-4-2-3-5-14(13)19-8-9-20-15-7-6-11(16)10-12(15)17/h2-7,10H,8-9,17H2,1H3. The quantitative estimate of drug-likeness (QED) is 0.495. The predicted octanol–water partition coefficient (Wildman–Crippen LogP) is 4.10. The van der Waals surface area contributed by atoms with Gasteiger partial charge in [-0.15, -0.1) is 11.8 Å². The highest BCUT2D eigenvalue weighted by Gasteiger charge is 2.04. The second-order valence-corrected chi connectivity index (χ2v) is 5.60. The molecule has 20 heavy (non-hydrogen) atoms. The number of methoxy groups -OCH3 is 1. The van der Waals surface area contributed by atoms with Crippen LogP contribution in [0.3, 0.4) is 0 Å². The van der Waals surface area contributed by atoms with Gasteiger partial charge < -0.3 is 15.2 Å². The SMILES string of the molecule is COc1ccccc1OCCSc1ccc(Cl)cc1N. The van der Waals surface area contributed by atoms with E-state index in [0.29, 0.717) is 17.3 Å². The first-order valence-electron chi connectivity index (χ1n) is 6.14. The molecule has 2 aromatic carbocycles. The number of halogens is 1. The summed E-state index contributed by atoms with van der Waals surface area (Å²) in [4.78, 5) is 1.01.